The molecule has 39 heavy (non-hydrogen) atoms. The summed E-state index contributed by atoms with van der Waals surface area (Å²) in [5.41, 5.74) is 7.45. The standard InChI is InChI=1S/C32H40N2O5/c1-37-29-16-12-25(13-17-29)32(24-9-5-3-6-10-24,26-14-18-30(38-2)19-15-26)39-23-27-21-28(35)22-34(27)31(36)11-7-4-8-20-33/h3,5-6,9-10,12-19,27-28,35H,4,7-8,11,20-23,33H2,1-2H3/t27-,28+/m0/s1. The molecule has 1 saturated heterocycles. The van der Waals surface area contributed by atoms with Crippen LogP contribution in [0.25, 0.3) is 0 Å². The van der Waals surface area contributed by atoms with Crippen molar-refractivity contribution < 1.29 is 24.1 Å². The van der Waals surface area contributed by atoms with Crippen LogP contribution in [0.2, 0.25) is 0 Å². The van der Waals surface area contributed by atoms with Gasteiger partial charge in [-0.3, -0.25) is 4.79 Å². The number of rotatable bonds is 13. The van der Waals surface area contributed by atoms with Gasteiger partial charge in [0.1, 0.15) is 17.1 Å². The number of aliphatic hydroxyl groups is 1. The van der Waals surface area contributed by atoms with E-state index in [-0.39, 0.29) is 18.6 Å². The molecule has 7 heteroatoms. The Balaban J connectivity index is 1.71. The van der Waals surface area contributed by atoms with Gasteiger partial charge in [-0.15, -0.1) is 0 Å². The van der Waals surface area contributed by atoms with Gasteiger partial charge in [-0.25, -0.2) is 0 Å². The van der Waals surface area contributed by atoms with E-state index in [2.05, 4.69) is 12.1 Å². The molecule has 0 aromatic heterocycles. The van der Waals surface area contributed by atoms with E-state index in [4.69, 9.17) is 19.9 Å². The van der Waals surface area contributed by atoms with Crippen LogP contribution in [0.15, 0.2) is 78.9 Å². The fourth-order valence-electron chi connectivity index (χ4n) is 5.39. The quantitative estimate of drug-likeness (QED) is 0.249. The molecular formula is C32H40N2O5. The van der Waals surface area contributed by atoms with Gasteiger partial charge in [0.15, 0.2) is 0 Å². The van der Waals surface area contributed by atoms with Gasteiger partial charge in [0.05, 0.1) is 33.0 Å². The first-order chi connectivity index (χ1) is 19.0. The van der Waals surface area contributed by atoms with E-state index in [1.54, 1.807) is 19.1 Å². The van der Waals surface area contributed by atoms with Crippen LogP contribution in [0, 0.1) is 0 Å². The monoisotopic (exact) mass is 532 g/mol. The first kappa shape index (κ1) is 28.6. The lowest BCUT2D eigenvalue weighted by Crippen LogP contribution is -2.42. The normalized spacial score (nSPS) is 17.3. The lowest BCUT2D eigenvalue weighted by molar-refractivity contribution is -0.134. The second-order valence-corrected chi connectivity index (χ2v) is 10.0. The number of likely N-dealkylation sites (tertiary alicyclic amines) is 1. The lowest BCUT2D eigenvalue weighted by Gasteiger charge is -2.38. The van der Waals surface area contributed by atoms with Crippen molar-refractivity contribution in [1.82, 2.24) is 4.90 Å². The van der Waals surface area contributed by atoms with E-state index in [0.717, 1.165) is 47.5 Å². The average molecular weight is 533 g/mol. The molecule has 1 fully saturated rings. The topological polar surface area (TPSA) is 94.2 Å². The van der Waals surface area contributed by atoms with Crippen LogP contribution in [0.5, 0.6) is 11.5 Å². The highest BCUT2D eigenvalue weighted by Gasteiger charge is 2.41. The number of nitrogens with zero attached hydrogens (tertiary/aromatic N) is 1. The smallest absolute Gasteiger partial charge is 0.222 e. The number of unbranched alkanes of at least 4 members (excludes halogenated alkanes) is 2. The summed E-state index contributed by atoms with van der Waals surface area (Å²) in [6.07, 6.45) is 2.98. The van der Waals surface area contributed by atoms with Gasteiger partial charge in [-0.1, -0.05) is 61.0 Å². The second-order valence-electron chi connectivity index (χ2n) is 10.0. The molecule has 1 amide bonds. The molecule has 0 radical (unpaired) electrons. The summed E-state index contributed by atoms with van der Waals surface area (Å²) in [5.74, 6) is 1.55. The third-order valence-corrected chi connectivity index (χ3v) is 7.47. The number of hydrogen-bond acceptors (Lipinski definition) is 6. The Morgan fingerprint density at radius 1 is 0.872 bits per heavy atom. The number of β-amino-alcohol motifs (C(OH)–C–C–N with tert-alkyl or cyclic N) is 1. The maximum Gasteiger partial charge on any atom is 0.222 e. The number of aliphatic hydroxyl groups excluding tert-OH is 1. The molecule has 7 nitrogen and oxygen atoms in total. The van der Waals surface area contributed by atoms with Crippen molar-refractivity contribution >= 4 is 5.91 Å². The van der Waals surface area contributed by atoms with E-state index in [9.17, 15) is 9.90 Å². The average Bonchev–Trinajstić information content (AvgIpc) is 3.37. The molecule has 0 saturated carbocycles. The summed E-state index contributed by atoms with van der Waals surface area (Å²) in [5, 5.41) is 10.5. The zero-order chi connectivity index (χ0) is 27.7. The van der Waals surface area contributed by atoms with Crippen LogP contribution < -0.4 is 15.2 Å². The maximum absolute atomic E-state index is 13.1. The number of amides is 1. The van der Waals surface area contributed by atoms with Crippen molar-refractivity contribution in [2.75, 3.05) is 33.9 Å². The number of carbonyl (C=O) groups is 1. The summed E-state index contributed by atoms with van der Waals surface area (Å²) < 4.78 is 17.8. The highest BCUT2D eigenvalue weighted by atomic mass is 16.5. The first-order valence-corrected chi connectivity index (χ1v) is 13.7. The second kappa shape index (κ2) is 13.6. The van der Waals surface area contributed by atoms with Crippen molar-refractivity contribution in [2.45, 2.75) is 49.9 Å². The molecule has 4 rings (SSSR count). The van der Waals surface area contributed by atoms with E-state index in [0.29, 0.717) is 25.9 Å². The Labute approximate surface area is 231 Å². The van der Waals surface area contributed by atoms with Gasteiger partial charge < -0.3 is 30.0 Å². The van der Waals surface area contributed by atoms with Crippen LogP contribution >= 0.6 is 0 Å². The number of nitrogens with two attached hydrogens (primary N) is 1. The fourth-order valence-corrected chi connectivity index (χ4v) is 5.39. The third kappa shape index (κ3) is 6.61. The summed E-state index contributed by atoms with van der Waals surface area (Å²) in [7, 11) is 3.29. The molecule has 0 bridgehead atoms. The molecule has 1 aliphatic heterocycles. The van der Waals surface area contributed by atoms with Gasteiger partial charge in [0, 0.05) is 13.0 Å². The zero-order valence-corrected chi connectivity index (χ0v) is 22.9. The van der Waals surface area contributed by atoms with E-state index in [1.165, 1.54) is 0 Å². The molecule has 1 aliphatic rings. The molecule has 3 N–H and O–H groups in total. The van der Waals surface area contributed by atoms with Crippen LogP contribution in [0.4, 0.5) is 0 Å². The Kier molecular flexibility index (Phi) is 9.98. The minimum Gasteiger partial charge on any atom is -0.497 e. The van der Waals surface area contributed by atoms with Gasteiger partial charge >= 0.3 is 0 Å². The van der Waals surface area contributed by atoms with Gasteiger partial charge in [0.25, 0.3) is 0 Å². The number of methoxy groups -OCH3 is 2. The Bertz CT molecular complexity index is 1120. The van der Waals surface area contributed by atoms with E-state index < -0.39 is 11.7 Å². The lowest BCUT2D eigenvalue weighted by atomic mass is 9.80. The molecule has 0 spiro atoms. The summed E-state index contributed by atoms with van der Waals surface area (Å²) in [6, 6.07) is 25.6. The molecular weight excluding hydrogens is 492 g/mol. The maximum atomic E-state index is 13.1. The SMILES string of the molecule is COc1ccc(C(OC[C@@H]2C[C@@H](O)CN2C(=O)CCCCCN)(c2ccccc2)c2ccc(OC)cc2)cc1. The summed E-state index contributed by atoms with van der Waals surface area (Å²) in [4.78, 5) is 14.9. The highest BCUT2D eigenvalue weighted by Crippen LogP contribution is 2.42. The van der Waals surface area contributed by atoms with Crippen molar-refractivity contribution in [2.24, 2.45) is 5.73 Å². The van der Waals surface area contributed by atoms with Crippen LogP contribution in [-0.2, 0) is 15.1 Å². The summed E-state index contributed by atoms with van der Waals surface area (Å²) >= 11 is 0. The Hall–Kier alpha value is -3.39. The third-order valence-electron chi connectivity index (χ3n) is 7.47. The Morgan fingerprint density at radius 2 is 1.44 bits per heavy atom. The van der Waals surface area contributed by atoms with Gasteiger partial charge in [0.2, 0.25) is 5.91 Å². The Morgan fingerprint density at radius 3 is 1.97 bits per heavy atom. The fraction of sp³-hybridized carbons (Fsp3) is 0.406. The number of ether oxygens (including phenoxy) is 3. The highest BCUT2D eigenvalue weighted by molar-refractivity contribution is 5.77. The largest absolute Gasteiger partial charge is 0.497 e. The van der Waals surface area contributed by atoms with Crippen molar-refractivity contribution in [1.29, 1.82) is 0 Å². The zero-order valence-electron chi connectivity index (χ0n) is 22.9. The number of hydrogen-bond donors (Lipinski definition) is 2. The molecule has 3 aromatic carbocycles. The van der Waals surface area contributed by atoms with E-state index in [1.807, 2.05) is 66.7 Å². The predicted octanol–water partition coefficient (Wildman–Crippen LogP) is 4.49. The van der Waals surface area contributed by atoms with Crippen LogP contribution in [-0.4, -0.2) is 62.0 Å². The van der Waals surface area contributed by atoms with Gasteiger partial charge in [-0.05, 0) is 66.8 Å². The van der Waals surface area contributed by atoms with Crippen molar-refractivity contribution in [3.8, 4) is 11.5 Å². The van der Waals surface area contributed by atoms with Crippen molar-refractivity contribution in [3.05, 3.63) is 95.6 Å². The predicted molar refractivity (Wildman–Crippen MR) is 152 cm³/mol. The number of benzene rings is 3. The van der Waals surface area contributed by atoms with Gasteiger partial charge in [-0.2, -0.15) is 0 Å². The molecule has 0 unspecified atom stereocenters. The number of carbonyl (C=O) groups excluding carboxylic acids is 1. The summed E-state index contributed by atoms with van der Waals surface area (Å²) in [6.45, 7) is 1.22. The molecule has 0 aliphatic carbocycles. The molecule has 2 atom stereocenters. The first-order valence-electron chi connectivity index (χ1n) is 13.7. The molecule has 208 valence electrons. The molecule has 3 aromatic rings. The minimum atomic E-state index is -0.969. The van der Waals surface area contributed by atoms with Crippen molar-refractivity contribution in [3.63, 3.8) is 0 Å². The molecule has 1 heterocycles. The van der Waals surface area contributed by atoms with Crippen LogP contribution in [0.3, 0.4) is 0 Å². The van der Waals surface area contributed by atoms with Crippen LogP contribution in [0.1, 0.15) is 48.8 Å². The van der Waals surface area contributed by atoms with E-state index >= 15 is 0 Å². The minimum absolute atomic E-state index is 0.0522.